The van der Waals surface area contributed by atoms with Gasteiger partial charge in [0.05, 0.1) is 11.9 Å². The molecule has 0 aliphatic carbocycles. The Morgan fingerprint density at radius 3 is 2.30 bits per heavy atom. The third-order valence-electron chi connectivity index (χ3n) is 3.16. The van der Waals surface area contributed by atoms with Gasteiger partial charge in [0.25, 0.3) is 0 Å². The summed E-state index contributed by atoms with van der Waals surface area (Å²) in [6.45, 7) is 5.48. The van der Waals surface area contributed by atoms with E-state index in [1.165, 1.54) is 16.7 Å². The maximum atomic E-state index is 10.1. The number of nitrogens with one attached hydrogen (secondary N) is 1. The van der Waals surface area contributed by atoms with E-state index in [0.717, 1.165) is 0 Å². The molecule has 0 saturated heterocycles. The summed E-state index contributed by atoms with van der Waals surface area (Å²) in [4.78, 5) is 15.2. The highest BCUT2D eigenvalue weighted by Crippen LogP contribution is 2.20. The van der Waals surface area contributed by atoms with E-state index in [-0.39, 0.29) is 5.75 Å². The number of hydrogen-bond acceptors (Lipinski definition) is 4. The van der Waals surface area contributed by atoms with E-state index < -0.39 is 6.09 Å². The summed E-state index contributed by atoms with van der Waals surface area (Å²) >= 11 is 0. The monoisotopic (exact) mass is 317 g/mol. The molecule has 1 amide bonds. The van der Waals surface area contributed by atoms with Gasteiger partial charge in [-0.1, -0.05) is 30.3 Å². The lowest BCUT2D eigenvalue weighted by Gasteiger charge is -2.12. The number of carboxylic acid groups (broad SMARTS) is 1. The highest BCUT2D eigenvalue weighted by molar-refractivity contribution is 5.64. The van der Waals surface area contributed by atoms with Crippen LogP contribution >= 0.6 is 0 Å². The number of amides is 1. The predicted octanol–water partition coefficient (Wildman–Crippen LogP) is 3.41. The molecular weight excluding hydrogens is 294 g/mol. The van der Waals surface area contributed by atoms with Crippen LogP contribution in [0.4, 0.5) is 10.5 Å². The quantitative estimate of drug-likeness (QED) is 0.787. The topological polar surface area (TPSA) is 85.7 Å². The van der Waals surface area contributed by atoms with Gasteiger partial charge in [-0.05, 0) is 25.5 Å². The second kappa shape index (κ2) is 10.0. The number of benzene rings is 1. The minimum Gasteiger partial charge on any atom is -0.504 e. The minimum atomic E-state index is -0.838. The van der Waals surface area contributed by atoms with Crippen molar-refractivity contribution in [3.8, 4) is 5.75 Å². The molecule has 1 heterocycles. The summed E-state index contributed by atoms with van der Waals surface area (Å²) in [6.07, 6.45) is 2.23. The molecule has 23 heavy (non-hydrogen) atoms. The van der Waals surface area contributed by atoms with E-state index in [1.807, 2.05) is 44.2 Å². The molecule has 124 valence electrons. The maximum absolute atomic E-state index is 10.1. The first kappa shape index (κ1) is 18.3. The molecule has 0 atom stereocenters. The van der Waals surface area contributed by atoms with Crippen LogP contribution in [0.15, 0.2) is 48.8 Å². The van der Waals surface area contributed by atoms with Crippen molar-refractivity contribution in [2.24, 2.45) is 0 Å². The zero-order valence-corrected chi connectivity index (χ0v) is 13.4. The van der Waals surface area contributed by atoms with E-state index in [1.54, 1.807) is 12.3 Å². The summed E-state index contributed by atoms with van der Waals surface area (Å²) in [5, 5.41) is 20.9. The second-order valence-corrected chi connectivity index (χ2v) is 4.69. The fourth-order valence-electron chi connectivity index (χ4n) is 1.82. The molecule has 6 nitrogen and oxygen atoms in total. The van der Waals surface area contributed by atoms with E-state index in [4.69, 9.17) is 5.11 Å². The van der Waals surface area contributed by atoms with Crippen LogP contribution in [0.25, 0.3) is 0 Å². The molecule has 0 saturated carbocycles. The van der Waals surface area contributed by atoms with Gasteiger partial charge in [-0.25, -0.2) is 4.79 Å². The number of pyridine rings is 1. The van der Waals surface area contributed by atoms with Crippen molar-refractivity contribution in [3.63, 3.8) is 0 Å². The zero-order chi connectivity index (χ0) is 17.1. The van der Waals surface area contributed by atoms with Crippen LogP contribution in [-0.4, -0.2) is 39.3 Å². The van der Waals surface area contributed by atoms with Crippen LogP contribution in [-0.2, 0) is 6.54 Å². The number of hydrogen-bond donors (Lipinski definition) is 3. The van der Waals surface area contributed by atoms with Crippen molar-refractivity contribution in [2.75, 3.05) is 18.4 Å². The Bertz CT molecular complexity index is 587. The third-order valence-corrected chi connectivity index (χ3v) is 3.16. The highest BCUT2D eigenvalue weighted by Gasteiger charge is 2.03. The van der Waals surface area contributed by atoms with Gasteiger partial charge in [-0.3, -0.25) is 4.98 Å². The Hall–Kier alpha value is -2.76. The van der Waals surface area contributed by atoms with Crippen molar-refractivity contribution in [3.05, 3.63) is 54.4 Å². The third kappa shape index (κ3) is 6.69. The first-order chi connectivity index (χ1) is 11.1. The number of aromatic nitrogens is 1. The van der Waals surface area contributed by atoms with Crippen LogP contribution in [0.3, 0.4) is 0 Å². The molecule has 1 aromatic heterocycles. The van der Waals surface area contributed by atoms with Crippen LogP contribution in [0.5, 0.6) is 5.75 Å². The summed E-state index contributed by atoms with van der Waals surface area (Å²) in [6, 6.07) is 11.8. The molecule has 0 spiro atoms. The number of rotatable bonds is 5. The molecule has 6 heteroatoms. The highest BCUT2D eigenvalue weighted by atomic mass is 16.4. The van der Waals surface area contributed by atoms with Gasteiger partial charge in [0.2, 0.25) is 0 Å². The molecule has 0 fully saturated rings. The smallest absolute Gasteiger partial charge is 0.407 e. The van der Waals surface area contributed by atoms with Crippen molar-refractivity contribution >= 4 is 11.8 Å². The van der Waals surface area contributed by atoms with Gasteiger partial charge in [0.15, 0.2) is 5.75 Å². The molecule has 2 rings (SSSR count). The number of carbonyl (C=O) groups is 1. The number of anilines is 1. The lowest BCUT2D eigenvalue weighted by Crippen LogP contribution is -2.28. The predicted molar refractivity (Wildman–Crippen MR) is 90.6 cm³/mol. The molecular formula is C17H23N3O3. The van der Waals surface area contributed by atoms with E-state index in [2.05, 4.69) is 10.3 Å². The normalized spacial score (nSPS) is 9.48. The van der Waals surface area contributed by atoms with Crippen molar-refractivity contribution in [2.45, 2.75) is 20.4 Å². The van der Waals surface area contributed by atoms with Gasteiger partial charge in [-0.2, -0.15) is 0 Å². The average molecular weight is 317 g/mol. The lowest BCUT2D eigenvalue weighted by molar-refractivity contribution is 0.150. The molecule has 0 unspecified atom stereocenters. The Balaban J connectivity index is 0.000000284. The molecule has 0 aliphatic rings. The first-order valence-electron chi connectivity index (χ1n) is 7.47. The molecule has 1 aromatic carbocycles. The zero-order valence-electron chi connectivity index (χ0n) is 13.4. The molecule has 0 aliphatic heterocycles. The van der Waals surface area contributed by atoms with Crippen LogP contribution < -0.4 is 5.32 Å². The molecule has 0 bridgehead atoms. The SMILES string of the molecule is CCN(CC)C(=O)O.Oc1cnccc1NCc1ccccc1. The van der Waals surface area contributed by atoms with Crippen molar-refractivity contribution < 1.29 is 15.0 Å². The van der Waals surface area contributed by atoms with E-state index in [9.17, 15) is 9.90 Å². The van der Waals surface area contributed by atoms with Crippen LogP contribution in [0.2, 0.25) is 0 Å². The fraction of sp³-hybridized carbons (Fsp3) is 0.294. The Morgan fingerprint density at radius 1 is 1.17 bits per heavy atom. The van der Waals surface area contributed by atoms with Gasteiger partial charge in [-0.15, -0.1) is 0 Å². The molecule has 3 N–H and O–H groups in total. The minimum absolute atomic E-state index is 0.174. The lowest BCUT2D eigenvalue weighted by atomic mass is 10.2. The Morgan fingerprint density at radius 2 is 1.83 bits per heavy atom. The largest absolute Gasteiger partial charge is 0.504 e. The average Bonchev–Trinajstić information content (AvgIpc) is 2.56. The van der Waals surface area contributed by atoms with Crippen molar-refractivity contribution in [1.29, 1.82) is 0 Å². The summed E-state index contributed by atoms with van der Waals surface area (Å²) in [5.41, 5.74) is 1.88. The van der Waals surface area contributed by atoms with Gasteiger partial charge >= 0.3 is 6.09 Å². The summed E-state index contributed by atoms with van der Waals surface area (Å²) in [7, 11) is 0. The van der Waals surface area contributed by atoms with Crippen molar-refractivity contribution in [1.82, 2.24) is 9.88 Å². The van der Waals surface area contributed by atoms with Gasteiger partial charge < -0.3 is 20.4 Å². The van der Waals surface area contributed by atoms with E-state index in [0.29, 0.717) is 25.3 Å². The summed E-state index contributed by atoms with van der Waals surface area (Å²) in [5.74, 6) is 0.174. The molecule has 0 radical (unpaired) electrons. The Labute approximate surface area is 136 Å². The molecule has 2 aromatic rings. The maximum Gasteiger partial charge on any atom is 0.407 e. The van der Waals surface area contributed by atoms with Gasteiger partial charge in [0, 0.05) is 25.8 Å². The summed E-state index contributed by atoms with van der Waals surface area (Å²) < 4.78 is 0. The second-order valence-electron chi connectivity index (χ2n) is 4.69. The Kier molecular flexibility index (Phi) is 7.99. The first-order valence-corrected chi connectivity index (χ1v) is 7.47. The van der Waals surface area contributed by atoms with E-state index >= 15 is 0 Å². The fourth-order valence-corrected chi connectivity index (χ4v) is 1.82. The van der Waals surface area contributed by atoms with Gasteiger partial charge in [0.1, 0.15) is 0 Å². The number of nitrogens with zero attached hydrogens (tertiary/aromatic N) is 2. The number of aromatic hydroxyl groups is 1. The standard InChI is InChI=1S/C12H12N2O.C5H11NO2/c15-12-9-13-7-6-11(12)14-8-10-4-2-1-3-5-10;1-3-6(4-2)5(7)8/h1-7,9,15H,8H2,(H,13,14);3-4H2,1-2H3,(H,7,8). The van der Waals surface area contributed by atoms with Crippen LogP contribution in [0.1, 0.15) is 19.4 Å². The van der Waals surface area contributed by atoms with Crippen LogP contribution in [0, 0.1) is 0 Å².